The number of carbonyl (C=O) groups is 2. The predicted molar refractivity (Wildman–Crippen MR) is 176 cm³/mol. The first-order valence-corrected chi connectivity index (χ1v) is 16.5. The number of hydrogen-bond donors (Lipinski definition) is 6. The van der Waals surface area contributed by atoms with Crippen LogP contribution in [0.4, 0.5) is 4.39 Å². The van der Waals surface area contributed by atoms with Crippen molar-refractivity contribution >= 4 is 28.9 Å². The Kier molecular flexibility index (Phi) is 13.2. The second-order valence-electron chi connectivity index (χ2n) is 13.6. The van der Waals surface area contributed by atoms with Crippen LogP contribution in [0.25, 0.3) is 0 Å². The van der Waals surface area contributed by atoms with Gasteiger partial charge >= 0.3 is 0 Å². The minimum Gasteiger partial charge on any atom is -0.381 e. The van der Waals surface area contributed by atoms with Crippen molar-refractivity contribution in [2.45, 2.75) is 111 Å². The summed E-state index contributed by atoms with van der Waals surface area (Å²) in [6.45, 7) is 13.9. The molecule has 11 heteroatoms. The number of H-pyrrole nitrogens is 1. The number of halogens is 1. The van der Waals surface area contributed by atoms with Crippen LogP contribution in [0.3, 0.4) is 0 Å². The van der Waals surface area contributed by atoms with Crippen molar-refractivity contribution < 1.29 is 18.7 Å². The summed E-state index contributed by atoms with van der Waals surface area (Å²) in [4.78, 5) is 31.6. The molecular weight excluding hydrogens is 573 g/mol. The van der Waals surface area contributed by atoms with Crippen molar-refractivity contribution in [3.63, 3.8) is 0 Å². The molecule has 2 amide bonds. The molecule has 0 radical (unpaired) electrons. The number of amides is 2. The van der Waals surface area contributed by atoms with Gasteiger partial charge in [-0.05, 0) is 102 Å². The van der Waals surface area contributed by atoms with Gasteiger partial charge in [0.15, 0.2) is 0 Å². The molecule has 1 saturated carbocycles. The maximum absolute atomic E-state index is 14.1. The zero-order valence-electron chi connectivity index (χ0n) is 28.0. The number of aromatic amines is 1. The molecule has 3 atom stereocenters. The van der Waals surface area contributed by atoms with Crippen LogP contribution in [0.15, 0.2) is 17.3 Å². The molecule has 2 aliphatic heterocycles. The molecule has 1 aromatic heterocycles. The predicted octanol–water partition coefficient (Wildman–Crippen LogP) is 6.17. The van der Waals surface area contributed by atoms with Crippen LogP contribution in [0, 0.1) is 46.8 Å². The Morgan fingerprint density at radius 2 is 1.80 bits per heavy atom. The summed E-state index contributed by atoms with van der Waals surface area (Å²) in [6.07, 6.45) is 7.72. The van der Waals surface area contributed by atoms with Crippen LogP contribution < -0.4 is 10.6 Å². The first-order chi connectivity index (χ1) is 21.2. The number of rotatable bonds is 10. The summed E-state index contributed by atoms with van der Waals surface area (Å²) in [5.74, 6) is 1.30. The van der Waals surface area contributed by atoms with E-state index in [0.717, 1.165) is 50.5 Å². The van der Waals surface area contributed by atoms with Crippen molar-refractivity contribution in [3.05, 3.63) is 28.9 Å². The van der Waals surface area contributed by atoms with Crippen LogP contribution in [0.1, 0.15) is 110 Å². The summed E-state index contributed by atoms with van der Waals surface area (Å²) in [5, 5.41) is 29.8. The lowest BCUT2D eigenvalue weighted by Gasteiger charge is -2.35. The van der Waals surface area contributed by atoms with E-state index in [1.54, 1.807) is 20.0 Å². The van der Waals surface area contributed by atoms with E-state index in [2.05, 4.69) is 41.4 Å². The molecule has 2 saturated heterocycles. The lowest BCUT2D eigenvalue weighted by molar-refractivity contribution is -0.127. The molecule has 1 aromatic rings. The number of alkyl halides is 1. The van der Waals surface area contributed by atoms with Gasteiger partial charge in [-0.3, -0.25) is 15.0 Å². The third-order valence-electron chi connectivity index (χ3n) is 9.40. The van der Waals surface area contributed by atoms with Crippen LogP contribution >= 0.6 is 0 Å². The standard InChI is InChI=1S/C17H26FN5O.C17H28N2O2/c1-4-12(19)14(20)16(24)23-15(13-9-21-10(2)22-13)11-5-7-17(3,18)8-6-11;1-11(2)16(13-4-6-21-7-5-13)15(18)9-14-8-12(3)10-19-17(14)20/h9,11,15,19-20H,4-8H2,1-3H3,(H,21,22)(H,23,24);12-14,18H,4-10H2,1-3H3,(H,19,20). The number of aryl methyl sites for hydroxylation is 1. The molecule has 1 aliphatic carbocycles. The summed E-state index contributed by atoms with van der Waals surface area (Å²) in [7, 11) is 0. The molecule has 0 spiro atoms. The third kappa shape index (κ3) is 10.4. The molecule has 6 N–H and O–H groups in total. The van der Waals surface area contributed by atoms with Crippen molar-refractivity contribution in [1.29, 1.82) is 16.2 Å². The highest BCUT2D eigenvalue weighted by Gasteiger charge is 2.36. The first kappa shape index (κ1) is 36.3. The molecule has 0 aromatic carbocycles. The monoisotopic (exact) mass is 627 g/mol. The molecule has 3 aliphatic rings. The van der Waals surface area contributed by atoms with E-state index in [1.807, 2.05) is 6.92 Å². The summed E-state index contributed by atoms with van der Waals surface area (Å²) >= 11 is 0. The van der Waals surface area contributed by atoms with Gasteiger partial charge in [-0.25, -0.2) is 9.37 Å². The van der Waals surface area contributed by atoms with Gasteiger partial charge in [-0.2, -0.15) is 0 Å². The average molecular weight is 628 g/mol. The number of aromatic nitrogens is 2. The maximum atomic E-state index is 14.1. The van der Waals surface area contributed by atoms with Crippen molar-refractivity contribution in [3.8, 4) is 0 Å². The van der Waals surface area contributed by atoms with Crippen LogP contribution in [-0.2, 0) is 14.3 Å². The van der Waals surface area contributed by atoms with Crippen LogP contribution in [0.5, 0.6) is 0 Å². The van der Waals surface area contributed by atoms with E-state index in [0.29, 0.717) is 56.1 Å². The molecule has 3 unspecified atom stereocenters. The number of hydrogen-bond acceptors (Lipinski definition) is 7. The highest BCUT2D eigenvalue weighted by atomic mass is 19.1. The van der Waals surface area contributed by atoms with Gasteiger partial charge in [0.05, 0.1) is 23.6 Å². The molecule has 0 bridgehead atoms. The summed E-state index contributed by atoms with van der Waals surface area (Å²) < 4.78 is 19.5. The van der Waals surface area contributed by atoms with Crippen LogP contribution in [-0.4, -0.2) is 64.3 Å². The number of nitrogens with zero attached hydrogens (tertiary/aromatic N) is 1. The van der Waals surface area contributed by atoms with Gasteiger partial charge in [0.25, 0.3) is 5.91 Å². The summed E-state index contributed by atoms with van der Waals surface area (Å²) in [6, 6.07) is -0.347. The van der Waals surface area contributed by atoms with E-state index < -0.39 is 11.6 Å². The summed E-state index contributed by atoms with van der Waals surface area (Å²) in [5.41, 5.74) is 2.36. The molecule has 250 valence electrons. The van der Waals surface area contributed by atoms with Gasteiger partial charge < -0.3 is 31.2 Å². The minimum atomic E-state index is -1.15. The highest BCUT2D eigenvalue weighted by molar-refractivity contribution is 6.65. The zero-order valence-corrected chi connectivity index (χ0v) is 28.0. The van der Waals surface area contributed by atoms with Gasteiger partial charge in [0, 0.05) is 37.8 Å². The van der Waals surface area contributed by atoms with E-state index in [9.17, 15) is 14.0 Å². The average Bonchev–Trinajstić information content (AvgIpc) is 3.43. The smallest absolute Gasteiger partial charge is 0.271 e. The number of ether oxygens (including phenoxy) is 1. The molecule has 4 rings (SSSR count). The number of carbonyl (C=O) groups excluding carboxylic acids is 2. The Morgan fingerprint density at radius 3 is 2.36 bits per heavy atom. The third-order valence-corrected chi connectivity index (χ3v) is 9.40. The second kappa shape index (κ2) is 16.4. The fourth-order valence-corrected chi connectivity index (χ4v) is 6.72. The van der Waals surface area contributed by atoms with Crippen LogP contribution in [0.2, 0.25) is 0 Å². The van der Waals surface area contributed by atoms with Gasteiger partial charge in [-0.1, -0.05) is 19.4 Å². The maximum Gasteiger partial charge on any atom is 0.271 e. The Labute approximate surface area is 267 Å². The number of nitrogens with one attached hydrogen (secondary N) is 6. The molecular formula is C34H54FN7O3. The molecule has 3 heterocycles. The number of allylic oxidation sites excluding steroid dienone is 2. The Bertz CT molecular complexity index is 1250. The van der Waals surface area contributed by atoms with Gasteiger partial charge in [-0.15, -0.1) is 0 Å². The lowest BCUT2D eigenvalue weighted by atomic mass is 9.77. The van der Waals surface area contributed by atoms with Gasteiger partial charge in [0.1, 0.15) is 17.2 Å². The topological polar surface area (TPSA) is 168 Å². The van der Waals surface area contributed by atoms with E-state index in [-0.39, 0.29) is 35.2 Å². The second-order valence-corrected chi connectivity index (χ2v) is 13.6. The van der Waals surface area contributed by atoms with E-state index >= 15 is 0 Å². The highest BCUT2D eigenvalue weighted by Crippen LogP contribution is 2.40. The Hall–Kier alpha value is -3.21. The quantitative estimate of drug-likeness (QED) is 0.171. The van der Waals surface area contributed by atoms with Crippen molar-refractivity contribution in [2.24, 2.45) is 23.7 Å². The first-order valence-electron chi connectivity index (χ1n) is 16.5. The van der Waals surface area contributed by atoms with Crippen molar-refractivity contribution in [1.82, 2.24) is 20.6 Å². The Morgan fingerprint density at radius 1 is 1.16 bits per heavy atom. The molecule has 45 heavy (non-hydrogen) atoms. The van der Waals surface area contributed by atoms with E-state index in [1.165, 1.54) is 11.1 Å². The molecule has 3 fully saturated rings. The largest absolute Gasteiger partial charge is 0.381 e. The number of imidazole rings is 1. The van der Waals surface area contributed by atoms with E-state index in [4.69, 9.17) is 21.0 Å². The number of piperidine rings is 1. The Balaban J connectivity index is 0.000000248. The fourth-order valence-electron chi connectivity index (χ4n) is 6.72. The fraction of sp³-hybridized carbons (Fsp3) is 0.706. The van der Waals surface area contributed by atoms with Crippen molar-refractivity contribution in [2.75, 3.05) is 19.8 Å². The normalized spacial score (nSPS) is 26.0. The van der Waals surface area contributed by atoms with Gasteiger partial charge in [0.2, 0.25) is 5.91 Å². The lowest BCUT2D eigenvalue weighted by Crippen LogP contribution is -2.42. The zero-order chi connectivity index (χ0) is 33.3. The minimum absolute atomic E-state index is 0.00650. The molecule has 10 nitrogen and oxygen atoms in total. The SMILES string of the molecule is CC(C)=C(C(=N)CC1CC(C)CNC1=O)C1CCOCC1.CCC(=N)C(=N)C(=O)NC(c1cnc(C)[nH]1)C1CCC(C)(F)CC1.